The molecule has 0 aromatic rings. The quantitative estimate of drug-likeness (QED) is 0.197. The van der Waals surface area contributed by atoms with Crippen molar-refractivity contribution >= 4 is 0 Å². The molecule has 2 aliphatic rings. The van der Waals surface area contributed by atoms with E-state index in [1.165, 1.54) is 142 Å². The molecule has 0 heterocycles. The first-order valence-electron chi connectivity index (χ1n) is 12.8. The Kier molecular flexibility index (Phi) is 15.2. The van der Waals surface area contributed by atoms with Gasteiger partial charge in [-0.1, -0.05) is 25.7 Å². The number of hydrogen-bond acceptors (Lipinski definition) is 4. The molecule has 0 atom stereocenters. The largest absolute Gasteiger partial charge is 0.317 e. The Morgan fingerprint density at radius 2 is 0.643 bits per heavy atom. The summed E-state index contributed by atoms with van der Waals surface area (Å²) in [7, 11) is 0. The minimum atomic E-state index is 1.02. The Labute approximate surface area is 175 Å². The Balaban J connectivity index is 1.13. The van der Waals surface area contributed by atoms with E-state index in [-0.39, 0.29) is 0 Å². The van der Waals surface area contributed by atoms with Crippen molar-refractivity contribution in [1.29, 1.82) is 0 Å². The highest BCUT2D eigenvalue weighted by Gasteiger charge is 2.20. The zero-order chi connectivity index (χ0) is 19.5. The van der Waals surface area contributed by atoms with Gasteiger partial charge in [-0.25, -0.2) is 0 Å². The lowest BCUT2D eigenvalue weighted by molar-refractivity contribution is 0.528. The Morgan fingerprint density at radius 1 is 0.357 bits per heavy atom. The van der Waals surface area contributed by atoms with Crippen LogP contribution in [0.3, 0.4) is 0 Å². The lowest BCUT2D eigenvalue weighted by Gasteiger charge is -2.07. The van der Waals surface area contributed by atoms with E-state index >= 15 is 0 Å². The van der Waals surface area contributed by atoms with Crippen molar-refractivity contribution in [3.63, 3.8) is 0 Å². The van der Waals surface area contributed by atoms with E-state index < -0.39 is 0 Å². The smallest absolute Gasteiger partial charge is 0.00205 e. The zero-order valence-electron chi connectivity index (χ0n) is 18.7. The van der Waals surface area contributed by atoms with Crippen LogP contribution in [0, 0.1) is 11.8 Å². The fourth-order valence-electron chi connectivity index (χ4n) is 3.71. The Morgan fingerprint density at radius 3 is 1.00 bits per heavy atom. The van der Waals surface area contributed by atoms with E-state index in [1.54, 1.807) is 0 Å². The van der Waals surface area contributed by atoms with E-state index in [4.69, 9.17) is 0 Å². The van der Waals surface area contributed by atoms with E-state index in [0.717, 1.165) is 11.8 Å². The van der Waals surface area contributed by atoms with E-state index in [0.29, 0.717) is 0 Å². The average molecular weight is 395 g/mol. The highest BCUT2D eigenvalue weighted by molar-refractivity contribution is 4.75. The Hall–Kier alpha value is -0.160. The molecule has 4 heteroatoms. The fraction of sp³-hybridized carbons (Fsp3) is 1.00. The van der Waals surface area contributed by atoms with Crippen molar-refractivity contribution in [2.45, 2.75) is 89.9 Å². The van der Waals surface area contributed by atoms with Gasteiger partial charge in [0, 0.05) is 0 Å². The van der Waals surface area contributed by atoms with E-state index in [1.807, 2.05) is 0 Å². The highest BCUT2D eigenvalue weighted by Crippen LogP contribution is 2.27. The van der Waals surface area contributed by atoms with Crippen LogP contribution in [0.15, 0.2) is 0 Å². The molecule has 0 bridgehead atoms. The number of rotatable bonds is 23. The average Bonchev–Trinajstić information content (AvgIpc) is 3.61. The molecule has 0 aromatic heterocycles. The van der Waals surface area contributed by atoms with E-state index in [2.05, 4.69) is 21.3 Å². The van der Waals surface area contributed by atoms with Gasteiger partial charge in [-0.3, -0.25) is 0 Å². The van der Waals surface area contributed by atoms with Crippen molar-refractivity contribution in [3.05, 3.63) is 0 Å². The maximum Gasteiger partial charge on any atom is -0.00205 e. The standard InChI is InChI=1S/C24H50N4/c1(3-5-15-25-17-7-9-19-27-21-23-11-12-23)2-4-6-16-26-18-8-10-20-28-22-24-13-14-24/h23-28H,1-22H2. The number of unbranched alkanes of at least 4 members (excludes halogenated alkanes) is 7. The fourth-order valence-corrected chi connectivity index (χ4v) is 3.71. The van der Waals surface area contributed by atoms with Gasteiger partial charge >= 0.3 is 0 Å². The summed E-state index contributed by atoms with van der Waals surface area (Å²) in [4.78, 5) is 0. The minimum absolute atomic E-state index is 1.02. The normalized spacial score (nSPS) is 16.7. The van der Waals surface area contributed by atoms with Gasteiger partial charge in [0.25, 0.3) is 0 Å². The second kappa shape index (κ2) is 17.7. The molecule has 4 N–H and O–H groups in total. The van der Waals surface area contributed by atoms with Crippen molar-refractivity contribution in [2.24, 2.45) is 11.8 Å². The molecule has 2 aliphatic carbocycles. The second-order valence-corrected chi connectivity index (χ2v) is 9.33. The lowest BCUT2D eigenvalue weighted by atomic mass is 10.1. The van der Waals surface area contributed by atoms with Gasteiger partial charge in [-0.2, -0.15) is 0 Å². The van der Waals surface area contributed by atoms with Crippen LogP contribution in [0.5, 0.6) is 0 Å². The van der Waals surface area contributed by atoms with Gasteiger partial charge in [0.2, 0.25) is 0 Å². The first-order valence-corrected chi connectivity index (χ1v) is 12.8. The summed E-state index contributed by atoms with van der Waals surface area (Å²) in [5.41, 5.74) is 0. The zero-order valence-corrected chi connectivity index (χ0v) is 18.7. The molecule has 0 aliphatic heterocycles. The van der Waals surface area contributed by atoms with Crippen LogP contribution >= 0.6 is 0 Å². The van der Waals surface area contributed by atoms with Crippen molar-refractivity contribution in [1.82, 2.24) is 21.3 Å². The van der Waals surface area contributed by atoms with Crippen LogP contribution in [0.25, 0.3) is 0 Å². The number of hydrogen-bond donors (Lipinski definition) is 4. The molecule has 2 rings (SSSR count). The summed E-state index contributed by atoms with van der Waals surface area (Å²) in [6.07, 6.45) is 19.5. The minimum Gasteiger partial charge on any atom is -0.317 e. The third-order valence-electron chi connectivity index (χ3n) is 6.13. The van der Waals surface area contributed by atoms with Gasteiger partial charge in [-0.15, -0.1) is 0 Å². The van der Waals surface area contributed by atoms with E-state index in [9.17, 15) is 0 Å². The molecule has 0 amide bonds. The molecular formula is C24H50N4. The van der Waals surface area contributed by atoms with Gasteiger partial charge in [0.15, 0.2) is 0 Å². The molecule has 0 unspecified atom stereocenters. The Bertz CT molecular complexity index is 297. The van der Waals surface area contributed by atoms with Crippen LogP contribution in [0.4, 0.5) is 0 Å². The number of nitrogens with one attached hydrogen (secondary N) is 4. The van der Waals surface area contributed by atoms with Crippen molar-refractivity contribution in [3.8, 4) is 0 Å². The maximum atomic E-state index is 3.61. The summed E-state index contributed by atoms with van der Waals surface area (Å²) in [5.74, 6) is 2.03. The summed E-state index contributed by atoms with van der Waals surface area (Å²) in [6.45, 7) is 9.79. The van der Waals surface area contributed by atoms with Gasteiger partial charge in [0.05, 0.1) is 0 Å². The maximum absolute atomic E-state index is 3.61. The van der Waals surface area contributed by atoms with Crippen LogP contribution in [-0.2, 0) is 0 Å². The molecule has 166 valence electrons. The van der Waals surface area contributed by atoms with Crippen molar-refractivity contribution < 1.29 is 0 Å². The summed E-state index contributed by atoms with van der Waals surface area (Å²) in [6, 6.07) is 0. The van der Waals surface area contributed by atoms with Crippen LogP contribution in [-0.4, -0.2) is 52.4 Å². The first-order chi connectivity index (χ1) is 13.9. The van der Waals surface area contributed by atoms with Crippen LogP contribution in [0.2, 0.25) is 0 Å². The SMILES string of the molecule is C(CCCCNCCCCNCC1CC1)CCCNCCCCNCC1CC1. The molecule has 28 heavy (non-hydrogen) atoms. The summed E-state index contributed by atoms with van der Waals surface area (Å²) < 4.78 is 0. The first kappa shape index (κ1) is 24.1. The third kappa shape index (κ3) is 16.8. The van der Waals surface area contributed by atoms with Gasteiger partial charge in [0.1, 0.15) is 0 Å². The monoisotopic (exact) mass is 394 g/mol. The van der Waals surface area contributed by atoms with Gasteiger partial charge < -0.3 is 21.3 Å². The second-order valence-electron chi connectivity index (χ2n) is 9.33. The molecule has 0 spiro atoms. The summed E-state index contributed by atoms with van der Waals surface area (Å²) in [5, 5.41) is 14.4. The molecule has 0 aromatic carbocycles. The molecule has 0 radical (unpaired) electrons. The predicted octanol–water partition coefficient (Wildman–Crippen LogP) is 4.07. The third-order valence-corrected chi connectivity index (χ3v) is 6.13. The van der Waals surface area contributed by atoms with Crippen LogP contribution in [0.1, 0.15) is 89.9 Å². The lowest BCUT2D eigenvalue weighted by Crippen LogP contribution is -2.21. The highest BCUT2D eigenvalue weighted by atomic mass is 14.9. The predicted molar refractivity (Wildman–Crippen MR) is 123 cm³/mol. The molecule has 0 saturated heterocycles. The molecule has 2 saturated carbocycles. The topological polar surface area (TPSA) is 48.1 Å². The van der Waals surface area contributed by atoms with Crippen LogP contribution < -0.4 is 21.3 Å². The molecule has 4 nitrogen and oxygen atoms in total. The molecular weight excluding hydrogens is 344 g/mol. The van der Waals surface area contributed by atoms with Gasteiger partial charge in [-0.05, 0) is 128 Å². The molecule has 2 fully saturated rings. The summed E-state index contributed by atoms with van der Waals surface area (Å²) >= 11 is 0. The van der Waals surface area contributed by atoms with Crippen molar-refractivity contribution in [2.75, 3.05) is 52.4 Å².